The number of hydrogen-bond donors (Lipinski definition) is 1. The lowest BCUT2D eigenvalue weighted by molar-refractivity contribution is -0.137. The summed E-state index contributed by atoms with van der Waals surface area (Å²) in [6.45, 7) is 3.15. The Kier molecular flexibility index (Phi) is 5.61. The Morgan fingerprint density at radius 2 is 2.12 bits per heavy atom. The van der Waals surface area contributed by atoms with E-state index in [0.717, 1.165) is 24.2 Å². The Morgan fingerprint density at radius 1 is 1.35 bits per heavy atom. The molecule has 2 heterocycles. The SMILES string of the molecule is Cc1c(C(=O)N2CCC[C@@H](CCC(=O)O)C2)cnn1-c1ccccc1Cl. The van der Waals surface area contributed by atoms with Crippen LogP contribution in [0.25, 0.3) is 5.69 Å². The molecule has 1 N–H and O–H groups in total. The topological polar surface area (TPSA) is 75.4 Å². The van der Waals surface area contributed by atoms with E-state index in [1.54, 1.807) is 16.9 Å². The second kappa shape index (κ2) is 7.91. The summed E-state index contributed by atoms with van der Waals surface area (Å²) in [5, 5.41) is 13.8. The summed E-state index contributed by atoms with van der Waals surface area (Å²) in [5.74, 6) is -0.603. The maximum absolute atomic E-state index is 13.0. The summed E-state index contributed by atoms with van der Waals surface area (Å²) >= 11 is 6.24. The number of rotatable bonds is 5. The van der Waals surface area contributed by atoms with E-state index < -0.39 is 5.97 Å². The third-order valence-electron chi connectivity index (χ3n) is 4.89. The van der Waals surface area contributed by atoms with Gasteiger partial charge in [0.05, 0.1) is 28.2 Å². The molecule has 26 heavy (non-hydrogen) atoms. The van der Waals surface area contributed by atoms with Gasteiger partial charge in [-0.15, -0.1) is 0 Å². The van der Waals surface area contributed by atoms with Crippen LogP contribution >= 0.6 is 11.6 Å². The van der Waals surface area contributed by atoms with Gasteiger partial charge in [0.1, 0.15) is 0 Å². The molecule has 1 saturated heterocycles. The van der Waals surface area contributed by atoms with E-state index >= 15 is 0 Å². The van der Waals surface area contributed by atoms with Crippen LogP contribution in [0.4, 0.5) is 0 Å². The van der Waals surface area contributed by atoms with Gasteiger partial charge in [-0.1, -0.05) is 23.7 Å². The molecule has 0 aliphatic carbocycles. The molecule has 1 aliphatic heterocycles. The minimum Gasteiger partial charge on any atom is -0.481 e. The molecule has 1 fully saturated rings. The average Bonchev–Trinajstić information content (AvgIpc) is 3.01. The van der Waals surface area contributed by atoms with Crippen LogP contribution in [0.5, 0.6) is 0 Å². The molecule has 1 aromatic carbocycles. The summed E-state index contributed by atoms with van der Waals surface area (Å²) in [5.41, 5.74) is 2.04. The minimum atomic E-state index is -0.787. The van der Waals surface area contributed by atoms with E-state index in [-0.39, 0.29) is 18.2 Å². The van der Waals surface area contributed by atoms with Gasteiger partial charge in [-0.2, -0.15) is 5.10 Å². The number of carboxylic acids is 1. The lowest BCUT2D eigenvalue weighted by Gasteiger charge is -2.32. The van der Waals surface area contributed by atoms with Crippen molar-refractivity contribution in [2.75, 3.05) is 13.1 Å². The molecule has 1 aliphatic rings. The number of amides is 1. The van der Waals surface area contributed by atoms with E-state index in [1.165, 1.54) is 0 Å². The first-order valence-electron chi connectivity index (χ1n) is 8.78. The van der Waals surface area contributed by atoms with E-state index in [1.807, 2.05) is 30.0 Å². The summed E-state index contributed by atoms with van der Waals surface area (Å²) in [6.07, 6.45) is 4.21. The van der Waals surface area contributed by atoms with Crippen molar-refractivity contribution in [3.05, 3.63) is 46.7 Å². The lowest BCUT2D eigenvalue weighted by atomic mass is 9.93. The molecular formula is C19H22ClN3O3. The predicted molar refractivity (Wildman–Crippen MR) is 98.8 cm³/mol. The third kappa shape index (κ3) is 3.90. The van der Waals surface area contributed by atoms with Crippen molar-refractivity contribution in [3.63, 3.8) is 0 Å². The molecule has 0 saturated carbocycles. The van der Waals surface area contributed by atoms with Gasteiger partial charge < -0.3 is 10.0 Å². The fourth-order valence-corrected chi connectivity index (χ4v) is 3.68. The molecule has 3 rings (SSSR count). The van der Waals surface area contributed by atoms with Crippen LogP contribution in [0.1, 0.15) is 41.7 Å². The van der Waals surface area contributed by atoms with Gasteiger partial charge in [-0.3, -0.25) is 9.59 Å². The number of hydrogen-bond acceptors (Lipinski definition) is 3. The summed E-state index contributed by atoms with van der Waals surface area (Å²) in [7, 11) is 0. The second-order valence-corrected chi connectivity index (χ2v) is 7.11. The predicted octanol–water partition coefficient (Wildman–Crippen LogP) is 3.55. The van der Waals surface area contributed by atoms with E-state index in [2.05, 4.69) is 5.10 Å². The Balaban J connectivity index is 1.76. The second-order valence-electron chi connectivity index (χ2n) is 6.70. The van der Waals surface area contributed by atoms with Crippen LogP contribution in [-0.4, -0.2) is 44.8 Å². The zero-order chi connectivity index (χ0) is 18.7. The largest absolute Gasteiger partial charge is 0.481 e. The van der Waals surface area contributed by atoms with Crippen LogP contribution in [0.15, 0.2) is 30.5 Å². The number of benzene rings is 1. The maximum Gasteiger partial charge on any atom is 0.303 e. The number of aromatic nitrogens is 2. The Morgan fingerprint density at radius 3 is 2.85 bits per heavy atom. The van der Waals surface area contributed by atoms with Gasteiger partial charge in [0.15, 0.2) is 0 Å². The standard InChI is InChI=1S/C19H22ClN3O3/c1-13-15(11-21-23(13)17-7-3-2-6-16(17)20)19(26)22-10-4-5-14(12-22)8-9-18(24)25/h2-3,6-7,11,14H,4-5,8-10,12H2,1H3,(H,24,25)/t14-/m0/s1. The fraction of sp³-hybridized carbons (Fsp3) is 0.421. The first kappa shape index (κ1) is 18.5. The van der Waals surface area contributed by atoms with Crippen LogP contribution in [0.2, 0.25) is 5.02 Å². The van der Waals surface area contributed by atoms with Crippen LogP contribution in [0, 0.1) is 12.8 Å². The number of piperidine rings is 1. The number of aliphatic carboxylic acids is 1. The Labute approximate surface area is 157 Å². The fourth-order valence-electron chi connectivity index (χ4n) is 3.47. The molecular weight excluding hydrogens is 354 g/mol. The monoisotopic (exact) mass is 375 g/mol. The molecule has 7 heteroatoms. The van der Waals surface area contributed by atoms with Gasteiger partial charge >= 0.3 is 5.97 Å². The highest BCUT2D eigenvalue weighted by atomic mass is 35.5. The van der Waals surface area contributed by atoms with Gasteiger partial charge in [0.2, 0.25) is 0 Å². The number of carboxylic acid groups (broad SMARTS) is 1. The van der Waals surface area contributed by atoms with Crippen LogP contribution < -0.4 is 0 Å². The summed E-state index contributed by atoms with van der Waals surface area (Å²) in [6, 6.07) is 7.37. The van der Waals surface area contributed by atoms with Crippen molar-refractivity contribution in [2.24, 2.45) is 5.92 Å². The number of nitrogens with zero attached hydrogens (tertiary/aromatic N) is 3. The minimum absolute atomic E-state index is 0.0548. The van der Waals surface area contributed by atoms with Crippen molar-refractivity contribution < 1.29 is 14.7 Å². The molecule has 1 atom stereocenters. The highest BCUT2D eigenvalue weighted by Gasteiger charge is 2.27. The number of carbonyl (C=O) groups is 2. The smallest absolute Gasteiger partial charge is 0.303 e. The van der Waals surface area contributed by atoms with Gasteiger partial charge in [0.25, 0.3) is 5.91 Å². The zero-order valence-corrected chi connectivity index (χ0v) is 15.4. The van der Waals surface area contributed by atoms with Crippen LogP contribution in [-0.2, 0) is 4.79 Å². The van der Waals surface area contributed by atoms with E-state index in [4.69, 9.17) is 16.7 Å². The maximum atomic E-state index is 13.0. The van der Waals surface area contributed by atoms with Crippen molar-refractivity contribution >= 4 is 23.5 Å². The molecule has 0 spiro atoms. The first-order chi connectivity index (χ1) is 12.5. The van der Waals surface area contributed by atoms with Gasteiger partial charge in [0, 0.05) is 19.5 Å². The van der Waals surface area contributed by atoms with Crippen LogP contribution in [0.3, 0.4) is 0 Å². The lowest BCUT2D eigenvalue weighted by Crippen LogP contribution is -2.40. The number of para-hydroxylation sites is 1. The quantitative estimate of drug-likeness (QED) is 0.867. The highest BCUT2D eigenvalue weighted by molar-refractivity contribution is 6.32. The molecule has 0 radical (unpaired) electrons. The number of halogens is 1. The van der Waals surface area contributed by atoms with E-state index in [0.29, 0.717) is 30.1 Å². The molecule has 2 aromatic rings. The summed E-state index contributed by atoms with van der Waals surface area (Å²) in [4.78, 5) is 25.6. The Bertz CT molecular complexity index is 818. The average molecular weight is 376 g/mol. The van der Waals surface area contributed by atoms with Gasteiger partial charge in [-0.05, 0) is 44.2 Å². The van der Waals surface area contributed by atoms with Crippen molar-refractivity contribution in [1.29, 1.82) is 0 Å². The molecule has 138 valence electrons. The number of carbonyl (C=O) groups excluding carboxylic acids is 1. The molecule has 6 nitrogen and oxygen atoms in total. The van der Waals surface area contributed by atoms with Crippen molar-refractivity contribution in [3.8, 4) is 5.69 Å². The van der Waals surface area contributed by atoms with Crippen molar-refractivity contribution in [2.45, 2.75) is 32.6 Å². The zero-order valence-electron chi connectivity index (χ0n) is 14.7. The first-order valence-corrected chi connectivity index (χ1v) is 9.15. The Hall–Kier alpha value is -2.34. The molecule has 1 aromatic heterocycles. The van der Waals surface area contributed by atoms with E-state index in [9.17, 15) is 9.59 Å². The third-order valence-corrected chi connectivity index (χ3v) is 5.21. The van der Waals surface area contributed by atoms with Crippen molar-refractivity contribution in [1.82, 2.24) is 14.7 Å². The molecule has 0 bridgehead atoms. The number of likely N-dealkylation sites (tertiary alicyclic amines) is 1. The molecule has 0 unspecified atom stereocenters. The van der Waals surface area contributed by atoms with Gasteiger partial charge in [-0.25, -0.2) is 4.68 Å². The molecule has 1 amide bonds. The normalized spacial score (nSPS) is 17.3. The summed E-state index contributed by atoms with van der Waals surface area (Å²) < 4.78 is 1.68. The highest BCUT2D eigenvalue weighted by Crippen LogP contribution is 2.25.